The predicted molar refractivity (Wildman–Crippen MR) is 221 cm³/mol. The van der Waals surface area contributed by atoms with Gasteiger partial charge in [0.2, 0.25) is 5.60 Å². The number of fused-ring (bicyclic) bond motifs is 6. The number of phenols is 3. The molecule has 14 nitrogen and oxygen atoms in total. The van der Waals surface area contributed by atoms with Crippen molar-refractivity contribution in [2.24, 2.45) is 0 Å². The van der Waals surface area contributed by atoms with Crippen molar-refractivity contribution in [1.82, 2.24) is 24.3 Å². The van der Waals surface area contributed by atoms with E-state index in [-0.39, 0.29) is 65.3 Å². The molecule has 4 aliphatic rings. The van der Waals surface area contributed by atoms with Gasteiger partial charge in [0.25, 0.3) is 11.5 Å². The second-order valence-electron chi connectivity index (χ2n) is 16.5. The molecule has 0 aliphatic carbocycles. The Bertz CT molecular complexity index is 2700. The quantitative estimate of drug-likeness (QED) is 0.161. The Morgan fingerprint density at radius 1 is 0.867 bits per heavy atom. The number of piperazine rings is 1. The fourth-order valence-electron chi connectivity index (χ4n) is 9.36. The number of aromatic nitrogens is 2. The number of carbonyl (C=O) groups is 3. The maximum absolute atomic E-state index is 14.1. The van der Waals surface area contributed by atoms with E-state index in [9.17, 15) is 34.5 Å². The van der Waals surface area contributed by atoms with Crippen LogP contribution in [0.3, 0.4) is 0 Å². The molecule has 1 atom stereocenters. The number of phenolic OH excluding ortho intramolecular Hbond substituents is 3. The van der Waals surface area contributed by atoms with Gasteiger partial charge in [0.05, 0.1) is 34.6 Å². The molecule has 0 saturated carbocycles. The first-order chi connectivity index (χ1) is 28.8. The number of aromatic hydroxyl groups is 3. The molecule has 1 fully saturated rings. The Labute approximate surface area is 346 Å². The van der Waals surface area contributed by atoms with Gasteiger partial charge in [-0.3, -0.25) is 14.5 Å². The molecule has 14 heteroatoms. The lowest BCUT2D eigenvalue weighted by Gasteiger charge is -2.39. The molecule has 1 unspecified atom stereocenters. The van der Waals surface area contributed by atoms with Crippen LogP contribution in [0.2, 0.25) is 0 Å². The Morgan fingerprint density at radius 3 is 2.37 bits per heavy atom. The van der Waals surface area contributed by atoms with Crippen LogP contribution in [0.15, 0.2) is 59.4 Å². The van der Waals surface area contributed by atoms with Crippen molar-refractivity contribution in [2.75, 3.05) is 26.2 Å². The van der Waals surface area contributed by atoms with Crippen LogP contribution in [0.4, 0.5) is 4.79 Å². The van der Waals surface area contributed by atoms with Gasteiger partial charge in [0.1, 0.15) is 23.9 Å². The van der Waals surface area contributed by atoms with Crippen molar-refractivity contribution in [2.45, 2.75) is 84.8 Å². The van der Waals surface area contributed by atoms with Crippen LogP contribution >= 0.6 is 0 Å². The fraction of sp³-hybridized carbons (Fsp3) is 0.370. The first-order valence-electron chi connectivity index (χ1n) is 20.6. The van der Waals surface area contributed by atoms with Crippen LogP contribution in [-0.2, 0) is 59.1 Å². The predicted octanol–water partition coefficient (Wildman–Crippen LogP) is 6.00. The summed E-state index contributed by atoms with van der Waals surface area (Å²) in [7, 11) is 0. The molecule has 1 saturated heterocycles. The Morgan fingerprint density at radius 2 is 1.63 bits per heavy atom. The van der Waals surface area contributed by atoms with Crippen molar-refractivity contribution in [3.05, 3.63) is 115 Å². The Balaban J connectivity index is 0.889. The summed E-state index contributed by atoms with van der Waals surface area (Å²) in [6.45, 7) is 10.9. The zero-order valence-corrected chi connectivity index (χ0v) is 34.1. The minimum atomic E-state index is -1.83. The maximum atomic E-state index is 14.1. The third-order valence-corrected chi connectivity index (χ3v) is 12.7. The van der Waals surface area contributed by atoms with Crippen molar-refractivity contribution in [3.63, 3.8) is 0 Å². The van der Waals surface area contributed by atoms with Gasteiger partial charge in [-0.25, -0.2) is 14.6 Å². The van der Waals surface area contributed by atoms with E-state index in [1.165, 1.54) is 6.07 Å². The molecule has 3 N–H and O–H groups in total. The summed E-state index contributed by atoms with van der Waals surface area (Å²) >= 11 is 0. The summed E-state index contributed by atoms with van der Waals surface area (Å²) in [6.07, 6.45) is 0.0468. The van der Waals surface area contributed by atoms with Gasteiger partial charge in [-0.15, -0.1) is 0 Å². The van der Waals surface area contributed by atoms with Crippen LogP contribution < -0.4 is 5.56 Å². The van der Waals surface area contributed by atoms with E-state index in [0.717, 1.165) is 33.2 Å². The number of rotatable bonds is 7. The minimum Gasteiger partial charge on any atom is -0.508 e. The van der Waals surface area contributed by atoms with E-state index in [1.54, 1.807) is 51.6 Å². The first-order valence-corrected chi connectivity index (χ1v) is 20.6. The van der Waals surface area contributed by atoms with Gasteiger partial charge < -0.3 is 39.2 Å². The number of ether oxygens (including phenoxy) is 2. The van der Waals surface area contributed by atoms with E-state index in [1.807, 2.05) is 32.9 Å². The molecule has 2 aromatic heterocycles. The van der Waals surface area contributed by atoms with Crippen LogP contribution in [0.5, 0.6) is 17.2 Å². The highest BCUT2D eigenvalue weighted by Crippen LogP contribution is 2.43. The zero-order chi connectivity index (χ0) is 42.2. The van der Waals surface area contributed by atoms with Gasteiger partial charge in [-0.1, -0.05) is 45.9 Å². The molecule has 60 heavy (non-hydrogen) atoms. The van der Waals surface area contributed by atoms with Gasteiger partial charge in [-0.05, 0) is 76.9 Å². The molecule has 4 aliphatic heterocycles. The monoisotopic (exact) mass is 813 g/mol. The van der Waals surface area contributed by atoms with Crippen LogP contribution in [0.1, 0.15) is 94.9 Å². The highest BCUT2D eigenvalue weighted by molar-refractivity contribution is 5.98. The highest BCUT2D eigenvalue weighted by atomic mass is 16.6. The number of amides is 2. The first kappa shape index (κ1) is 39.1. The number of pyridine rings is 2. The molecule has 0 radical (unpaired) electrons. The number of carbonyl (C=O) groups excluding carboxylic acids is 3. The van der Waals surface area contributed by atoms with Crippen molar-refractivity contribution >= 4 is 28.9 Å². The third kappa shape index (κ3) is 6.32. The molecular formula is C46H47N5O9. The number of benzene rings is 3. The van der Waals surface area contributed by atoms with Crippen LogP contribution in [0, 0.1) is 0 Å². The lowest BCUT2D eigenvalue weighted by molar-refractivity contribution is -0.173. The maximum Gasteiger partial charge on any atom is 0.411 e. The highest BCUT2D eigenvalue weighted by Gasteiger charge is 2.51. The summed E-state index contributed by atoms with van der Waals surface area (Å²) in [5.41, 5.74) is 6.02. The topological polar surface area (TPSA) is 175 Å². The fourth-order valence-corrected chi connectivity index (χ4v) is 9.36. The summed E-state index contributed by atoms with van der Waals surface area (Å²) in [6, 6.07) is 15.8. The van der Waals surface area contributed by atoms with Gasteiger partial charge in [0.15, 0.2) is 0 Å². The summed E-state index contributed by atoms with van der Waals surface area (Å²) in [5, 5.41) is 31.8. The SMILES string of the molecule is CCc1c2c(nc3ccc(O)cc13)-c1cc3c(c(=O)n1C2)COC(=O)C3(CC)OC(=O)N1CCN(Cc2ccc3c(c2)CN(C(=O)c2cc(C(C)C)c(O)cc2O)C3)CC1. The molecule has 310 valence electrons. The third-order valence-electron chi connectivity index (χ3n) is 12.7. The van der Waals surface area contributed by atoms with Gasteiger partial charge >= 0.3 is 12.1 Å². The molecule has 2 amide bonds. The smallest absolute Gasteiger partial charge is 0.411 e. The van der Waals surface area contributed by atoms with Gasteiger partial charge in [-0.2, -0.15) is 0 Å². The number of hydrogen-bond acceptors (Lipinski definition) is 11. The average molecular weight is 814 g/mol. The second-order valence-corrected chi connectivity index (χ2v) is 16.5. The summed E-state index contributed by atoms with van der Waals surface area (Å²) in [5.74, 6) is -1.20. The number of nitrogens with zero attached hydrogens (tertiary/aromatic N) is 5. The van der Waals surface area contributed by atoms with Crippen molar-refractivity contribution in [1.29, 1.82) is 0 Å². The van der Waals surface area contributed by atoms with E-state index in [4.69, 9.17) is 14.5 Å². The van der Waals surface area contributed by atoms with E-state index in [0.29, 0.717) is 80.3 Å². The molecule has 9 rings (SSSR count). The normalized spacial score (nSPS) is 18.3. The van der Waals surface area contributed by atoms with E-state index in [2.05, 4.69) is 11.0 Å². The largest absolute Gasteiger partial charge is 0.508 e. The van der Waals surface area contributed by atoms with E-state index < -0.39 is 17.7 Å². The number of cyclic esters (lactones) is 1. The Hall–Kier alpha value is -6.41. The molecule has 0 bridgehead atoms. The van der Waals surface area contributed by atoms with E-state index >= 15 is 0 Å². The van der Waals surface area contributed by atoms with Crippen molar-refractivity contribution < 1.29 is 39.2 Å². The number of hydrogen-bond donors (Lipinski definition) is 3. The van der Waals surface area contributed by atoms with Crippen LogP contribution in [-0.4, -0.2) is 83.7 Å². The molecule has 3 aromatic carbocycles. The number of aryl methyl sites for hydroxylation is 1. The molecular weight excluding hydrogens is 767 g/mol. The van der Waals surface area contributed by atoms with Crippen LogP contribution in [0.25, 0.3) is 22.3 Å². The minimum absolute atomic E-state index is 0.0235. The Kier molecular flexibility index (Phi) is 9.57. The number of esters is 1. The van der Waals surface area contributed by atoms with Crippen molar-refractivity contribution in [3.8, 4) is 28.6 Å². The average Bonchev–Trinajstić information content (AvgIpc) is 3.82. The standard InChI is InChI=1S/C46H47N5O9/c1-5-30-32-16-29(52)9-10-37(32)47-41-34(30)23-51-38(41)18-36-35(43(51)56)24-59-44(57)46(36,6-2)60-45(58)49-13-11-48(12-14-49)20-26-7-8-27-21-50(22-28(27)15-26)42(55)33-17-31(25(3)4)39(53)19-40(33)54/h7-10,15-19,25,52-54H,5-6,11-14,20-24H2,1-4H3. The molecule has 0 spiro atoms. The molecule has 5 aromatic rings. The summed E-state index contributed by atoms with van der Waals surface area (Å²) < 4.78 is 13.4. The van der Waals surface area contributed by atoms with Gasteiger partial charge in [0, 0.05) is 68.4 Å². The lowest BCUT2D eigenvalue weighted by Crippen LogP contribution is -2.53. The lowest BCUT2D eigenvalue weighted by atomic mass is 9.85. The zero-order valence-electron chi connectivity index (χ0n) is 34.1. The second kappa shape index (κ2) is 14.7. The molecule has 6 heterocycles. The summed E-state index contributed by atoms with van der Waals surface area (Å²) in [4.78, 5) is 65.7.